The number of aliphatic hydroxyl groups is 2. The van der Waals surface area contributed by atoms with Crippen LogP contribution in [-0.4, -0.2) is 85.4 Å². The maximum atomic E-state index is 12.6. The molecule has 34 heavy (non-hydrogen) atoms. The van der Waals surface area contributed by atoms with E-state index >= 15 is 0 Å². The van der Waals surface area contributed by atoms with E-state index in [1.165, 1.54) is 18.4 Å². The topological polar surface area (TPSA) is 85.0 Å². The highest BCUT2D eigenvalue weighted by Crippen LogP contribution is 2.56. The number of hydrogen-bond acceptors (Lipinski definition) is 6. The SMILES string of the molecule is Cc1cnn(C[C@@H](CO)N2CC[C@]34CCN(CC5CC5)[C@H](Cc5ccc(O)cc53)[C@]4(O)CC2)c1. The number of piperidine rings is 1. The molecule has 6 rings (SSSR count). The lowest BCUT2D eigenvalue weighted by Gasteiger charge is -2.61. The molecule has 3 heterocycles. The van der Waals surface area contributed by atoms with Crippen LogP contribution in [0.3, 0.4) is 0 Å². The van der Waals surface area contributed by atoms with E-state index in [1.807, 2.05) is 30.1 Å². The number of fused-ring (bicyclic) bond motifs is 1. The number of phenolic OH excluding ortho intramolecular Hbond substituents is 1. The molecule has 7 heteroatoms. The Bertz CT molecular complexity index is 1050. The van der Waals surface area contributed by atoms with Crippen LogP contribution in [-0.2, 0) is 18.4 Å². The maximum absolute atomic E-state index is 12.6. The van der Waals surface area contributed by atoms with Gasteiger partial charge in [0.05, 0.1) is 31.0 Å². The minimum absolute atomic E-state index is 0.0366. The fourth-order valence-electron chi connectivity index (χ4n) is 7.32. The number of aromatic hydroxyl groups is 1. The van der Waals surface area contributed by atoms with Crippen molar-refractivity contribution >= 4 is 0 Å². The number of aromatic nitrogens is 2. The number of aliphatic hydroxyl groups excluding tert-OH is 1. The van der Waals surface area contributed by atoms with Gasteiger partial charge in [0.25, 0.3) is 0 Å². The molecule has 2 saturated heterocycles. The molecule has 2 aliphatic heterocycles. The van der Waals surface area contributed by atoms with E-state index in [2.05, 4.69) is 21.0 Å². The predicted octanol–water partition coefficient (Wildman–Crippen LogP) is 2.06. The molecule has 2 bridgehead atoms. The van der Waals surface area contributed by atoms with Gasteiger partial charge in [-0.05, 0) is 93.3 Å². The number of benzene rings is 1. The standard InChI is InChI=1S/C27H38N4O3/c1-19-14-28-31(15-19)17-22(18-32)29-9-6-26-7-10-30(16-20-2-3-20)25(27(26,34)8-11-29)12-21-4-5-23(33)13-24(21)26/h4-5,13-15,20,22,25,32-34H,2-3,6-12,16-18H2,1H3/t22-,25+,26-,27+/m0/s1. The molecular formula is C27H38N4O3. The predicted molar refractivity (Wildman–Crippen MR) is 130 cm³/mol. The molecule has 2 aliphatic carbocycles. The third kappa shape index (κ3) is 3.60. The molecular weight excluding hydrogens is 428 g/mol. The zero-order valence-corrected chi connectivity index (χ0v) is 20.2. The zero-order valence-electron chi connectivity index (χ0n) is 20.2. The number of phenols is 1. The van der Waals surface area contributed by atoms with E-state index in [1.54, 1.807) is 6.07 Å². The van der Waals surface area contributed by atoms with Crippen LogP contribution >= 0.6 is 0 Å². The number of rotatable bonds is 6. The lowest BCUT2D eigenvalue weighted by Crippen LogP contribution is -2.71. The first kappa shape index (κ1) is 22.5. The molecule has 2 aromatic rings. The van der Waals surface area contributed by atoms with Crippen molar-refractivity contribution in [3.63, 3.8) is 0 Å². The van der Waals surface area contributed by atoms with Crippen molar-refractivity contribution in [3.05, 3.63) is 47.3 Å². The van der Waals surface area contributed by atoms with Crippen molar-refractivity contribution < 1.29 is 15.3 Å². The summed E-state index contributed by atoms with van der Waals surface area (Å²) < 4.78 is 1.92. The molecule has 3 fully saturated rings. The summed E-state index contributed by atoms with van der Waals surface area (Å²) in [5.74, 6) is 1.08. The average molecular weight is 467 g/mol. The second-order valence-electron chi connectivity index (χ2n) is 11.4. The van der Waals surface area contributed by atoms with Gasteiger partial charge in [-0.25, -0.2) is 0 Å². The minimum Gasteiger partial charge on any atom is -0.508 e. The summed E-state index contributed by atoms with van der Waals surface area (Å²) in [6.07, 6.45) is 9.79. The summed E-state index contributed by atoms with van der Waals surface area (Å²) in [7, 11) is 0. The highest BCUT2D eigenvalue weighted by Gasteiger charge is 2.63. The van der Waals surface area contributed by atoms with E-state index in [4.69, 9.17) is 0 Å². The van der Waals surface area contributed by atoms with Crippen molar-refractivity contribution in [1.82, 2.24) is 19.6 Å². The first-order valence-corrected chi connectivity index (χ1v) is 13.0. The Balaban J connectivity index is 1.34. The summed E-state index contributed by atoms with van der Waals surface area (Å²) in [4.78, 5) is 4.95. The maximum Gasteiger partial charge on any atom is 0.115 e. The van der Waals surface area contributed by atoms with E-state index in [0.717, 1.165) is 62.5 Å². The van der Waals surface area contributed by atoms with Gasteiger partial charge in [-0.15, -0.1) is 0 Å². The Hall–Kier alpha value is -1.93. The van der Waals surface area contributed by atoms with Crippen LogP contribution in [0.1, 0.15) is 48.8 Å². The molecule has 0 amide bonds. The fourth-order valence-corrected chi connectivity index (χ4v) is 7.32. The second kappa shape index (κ2) is 8.33. The van der Waals surface area contributed by atoms with Crippen LogP contribution in [0.25, 0.3) is 0 Å². The Labute approximate surface area is 202 Å². The molecule has 1 aromatic carbocycles. The molecule has 0 unspecified atom stereocenters. The molecule has 1 aromatic heterocycles. The Morgan fingerprint density at radius 1 is 1.15 bits per heavy atom. The number of hydrogen-bond donors (Lipinski definition) is 3. The summed E-state index contributed by atoms with van der Waals surface area (Å²) in [5.41, 5.74) is 2.36. The molecule has 0 spiro atoms. The zero-order chi connectivity index (χ0) is 23.5. The summed E-state index contributed by atoms with van der Waals surface area (Å²) >= 11 is 0. The van der Waals surface area contributed by atoms with Crippen LogP contribution in [0.2, 0.25) is 0 Å². The normalized spacial score (nSPS) is 32.6. The third-order valence-electron chi connectivity index (χ3n) is 9.35. The molecule has 3 N–H and O–H groups in total. The van der Waals surface area contributed by atoms with Gasteiger partial charge in [0.2, 0.25) is 0 Å². The summed E-state index contributed by atoms with van der Waals surface area (Å²) in [6, 6.07) is 5.89. The highest BCUT2D eigenvalue weighted by molar-refractivity contribution is 5.48. The van der Waals surface area contributed by atoms with Gasteiger partial charge in [-0.2, -0.15) is 5.10 Å². The first-order valence-electron chi connectivity index (χ1n) is 13.0. The smallest absolute Gasteiger partial charge is 0.115 e. The van der Waals surface area contributed by atoms with Crippen molar-refractivity contribution in [2.45, 2.75) is 75.1 Å². The fraction of sp³-hybridized carbons (Fsp3) is 0.667. The van der Waals surface area contributed by atoms with Crippen LogP contribution in [0.15, 0.2) is 30.6 Å². The Morgan fingerprint density at radius 2 is 1.94 bits per heavy atom. The van der Waals surface area contributed by atoms with Crippen LogP contribution < -0.4 is 0 Å². The Morgan fingerprint density at radius 3 is 2.68 bits per heavy atom. The quantitative estimate of drug-likeness (QED) is 0.604. The number of likely N-dealkylation sites (tertiary alicyclic amines) is 2. The van der Waals surface area contributed by atoms with Gasteiger partial charge >= 0.3 is 0 Å². The van der Waals surface area contributed by atoms with Gasteiger partial charge in [0.1, 0.15) is 5.75 Å². The minimum atomic E-state index is -0.835. The molecule has 0 radical (unpaired) electrons. The largest absolute Gasteiger partial charge is 0.508 e. The lowest BCUT2D eigenvalue weighted by molar-refractivity contribution is -0.149. The molecule has 7 nitrogen and oxygen atoms in total. The van der Waals surface area contributed by atoms with Crippen LogP contribution in [0.4, 0.5) is 0 Å². The Kier molecular flexibility index (Phi) is 5.52. The summed E-state index contributed by atoms with van der Waals surface area (Å²) in [5, 5.41) is 37.8. The highest BCUT2D eigenvalue weighted by atomic mass is 16.3. The van der Waals surface area contributed by atoms with Gasteiger partial charge in [-0.3, -0.25) is 14.5 Å². The van der Waals surface area contributed by atoms with Crippen molar-refractivity contribution in [2.75, 3.05) is 32.8 Å². The third-order valence-corrected chi connectivity index (χ3v) is 9.35. The average Bonchev–Trinajstić information content (AvgIpc) is 3.57. The van der Waals surface area contributed by atoms with Gasteiger partial charge < -0.3 is 15.3 Å². The summed E-state index contributed by atoms with van der Waals surface area (Å²) in [6.45, 7) is 6.42. The van der Waals surface area contributed by atoms with Gasteiger partial charge in [0.15, 0.2) is 0 Å². The lowest BCUT2D eigenvalue weighted by atomic mass is 9.52. The van der Waals surface area contributed by atoms with E-state index in [0.29, 0.717) is 13.0 Å². The number of aryl methyl sites for hydroxylation is 1. The van der Waals surface area contributed by atoms with Gasteiger partial charge in [-0.1, -0.05) is 6.07 Å². The van der Waals surface area contributed by atoms with Crippen LogP contribution in [0.5, 0.6) is 5.75 Å². The van der Waals surface area contributed by atoms with Crippen molar-refractivity contribution in [2.24, 2.45) is 5.92 Å². The molecule has 4 aliphatic rings. The molecule has 1 saturated carbocycles. The van der Waals surface area contributed by atoms with E-state index in [9.17, 15) is 15.3 Å². The van der Waals surface area contributed by atoms with E-state index in [-0.39, 0.29) is 29.9 Å². The van der Waals surface area contributed by atoms with E-state index < -0.39 is 5.60 Å². The monoisotopic (exact) mass is 466 g/mol. The van der Waals surface area contributed by atoms with Crippen LogP contribution in [0, 0.1) is 12.8 Å². The molecule has 4 atom stereocenters. The van der Waals surface area contributed by atoms with Crippen molar-refractivity contribution in [3.8, 4) is 5.75 Å². The first-order chi connectivity index (χ1) is 16.4. The van der Waals surface area contributed by atoms with Gasteiger partial charge in [0, 0.05) is 30.7 Å². The number of nitrogens with zero attached hydrogens (tertiary/aromatic N) is 4. The second-order valence-corrected chi connectivity index (χ2v) is 11.4. The molecule has 184 valence electrons. The van der Waals surface area contributed by atoms with Crippen molar-refractivity contribution in [1.29, 1.82) is 0 Å².